The van der Waals surface area contributed by atoms with Crippen LogP contribution in [0.15, 0.2) is 72.9 Å². The Morgan fingerprint density at radius 1 is 1.06 bits per heavy atom. The van der Waals surface area contributed by atoms with Crippen LogP contribution in [-0.2, 0) is 22.4 Å². The maximum atomic E-state index is 13.1. The highest BCUT2D eigenvalue weighted by Gasteiger charge is 2.19. The average molecular weight is 461 g/mol. The summed E-state index contributed by atoms with van der Waals surface area (Å²) < 4.78 is 0. The van der Waals surface area contributed by atoms with Crippen LogP contribution in [0.25, 0.3) is 10.9 Å². The molecule has 0 saturated carbocycles. The zero-order chi connectivity index (χ0) is 23.4. The third-order valence-electron chi connectivity index (χ3n) is 5.79. The van der Waals surface area contributed by atoms with Gasteiger partial charge in [-0.3, -0.25) is 9.59 Å². The summed E-state index contributed by atoms with van der Waals surface area (Å²) in [5.41, 5.74) is 5.74. The van der Waals surface area contributed by atoms with Gasteiger partial charge in [0, 0.05) is 28.5 Å². The lowest BCUT2D eigenvalue weighted by Crippen LogP contribution is -2.31. The minimum atomic E-state index is -0.829. The number of carboxylic acid groups (broad SMARTS) is 1. The fraction of sp³-hybridized carbons (Fsp3) is 0.185. The standard InChI is InChI=1S/C27H25ClN2O3/c1-17-13-21(28)9-10-22(17)27(19-5-3-2-4-6-19)30-25(31)15-18-7-11-24-23(14-18)20(16-29-24)8-12-26(32)33/h2-7,9-11,13-14,16,27,29H,8,12,15H2,1H3,(H,30,31)(H,32,33). The number of H-pyrrole nitrogens is 1. The van der Waals surface area contributed by atoms with Crippen LogP contribution in [-0.4, -0.2) is 22.0 Å². The highest BCUT2D eigenvalue weighted by atomic mass is 35.5. The van der Waals surface area contributed by atoms with Gasteiger partial charge in [0.25, 0.3) is 0 Å². The third-order valence-corrected chi connectivity index (χ3v) is 6.02. The van der Waals surface area contributed by atoms with Gasteiger partial charge < -0.3 is 15.4 Å². The summed E-state index contributed by atoms with van der Waals surface area (Å²) in [5, 5.41) is 13.8. The van der Waals surface area contributed by atoms with Crippen molar-refractivity contribution in [2.24, 2.45) is 0 Å². The summed E-state index contributed by atoms with van der Waals surface area (Å²) >= 11 is 6.15. The Balaban J connectivity index is 1.57. The van der Waals surface area contributed by atoms with E-state index < -0.39 is 5.97 Å². The molecule has 0 fully saturated rings. The molecule has 3 aromatic carbocycles. The molecule has 6 heteroatoms. The number of fused-ring (bicyclic) bond motifs is 1. The molecule has 1 aromatic heterocycles. The van der Waals surface area contributed by atoms with Crippen LogP contribution in [0.3, 0.4) is 0 Å². The van der Waals surface area contributed by atoms with E-state index in [1.54, 1.807) is 0 Å². The number of aliphatic carboxylic acids is 1. The predicted octanol–water partition coefficient (Wildman–Crippen LogP) is 5.60. The summed E-state index contributed by atoms with van der Waals surface area (Å²) in [6, 6.07) is 21.1. The van der Waals surface area contributed by atoms with E-state index in [1.807, 2.05) is 79.9 Å². The van der Waals surface area contributed by atoms with E-state index in [2.05, 4.69) is 10.3 Å². The zero-order valence-corrected chi connectivity index (χ0v) is 19.0. The van der Waals surface area contributed by atoms with Gasteiger partial charge in [-0.15, -0.1) is 0 Å². The first kappa shape index (κ1) is 22.6. The number of rotatable bonds is 8. The molecule has 0 spiro atoms. The van der Waals surface area contributed by atoms with Crippen molar-refractivity contribution in [3.8, 4) is 0 Å². The maximum Gasteiger partial charge on any atom is 0.303 e. The first-order valence-electron chi connectivity index (χ1n) is 10.8. The molecule has 1 unspecified atom stereocenters. The van der Waals surface area contributed by atoms with Gasteiger partial charge in [0.15, 0.2) is 0 Å². The lowest BCUT2D eigenvalue weighted by Gasteiger charge is -2.22. The van der Waals surface area contributed by atoms with Crippen LogP contribution >= 0.6 is 11.6 Å². The van der Waals surface area contributed by atoms with E-state index in [9.17, 15) is 9.59 Å². The molecular weight excluding hydrogens is 436 g/mol. The normalized spacial score (nSPS) is 11.9. The number of halogens is 1. The van der Waals surface area contributed by atoms with Crippen LogP contribution in [0.4, 0.5) is 0 Å². The molecule has 1 amide bonds. The number of aromatic amines is 1. The molecule has 0 aliphatic heterocycles. The Bertz CT molecular complexity index is 1300. The number of benzene rings is 3. The molecule has 0 saturated heterocycles. The van der Waals surface area contributed by atoms with Crippen molar-refractivity contribution in [2.45, 2.75) is 32.2 Å². The van der Waals surface area contributed by atoms with Crippen LogP contribution in [0.2, 0.25) is 5.02 Å². The number of carbonyl (C=O) groups excluding carboxylic acids is 1. The Kier molecular flexibility index (Phi) is 6.80. The van der Waals surface area contributed by atoms with E-state index >= 15 is 0 Å². The number of hydrogen-bond acceptors (Lipinski definition) is 2. The molecule has 4 rings (SSSR count). The zero-order valence-electron chi connectivity index (χ0n) is 18.3. The summed E-state index contributed by atoms with van der Waals surface area (Å²) in [6.45, 7) is 1.99. The highest BCUT2D eigenvalue weighted by Crippen LogP contribution is 2.27. The highest BCUT2D eigenvalue weighted by molar-refractivity contribution is 6.30. The number of nitrogens with one attached hydrogen (secondary N) is 2. The van der Waals surface area contributed by atoms with Crippen molar-refractivity contribution in [1.29, 1.82) is 0 Å². The van der Waals surface area contributed by atoms with Crippen molar-refractivity contribution in [3.05, 3.63) is 106 Å². The van der Waals surface area contributed by atoms with Crippen molar-refractivity contribution in [2.75, 3.05) is 0 Å². The van der Waals surface area contributed by atoms with Gasteiger partial charge in [-0.1, -0.05) is 54.1 Å². The molecular formula is C27H25ClN2O3. The van der Waals surface area contributed by atoms with Crippen LogP contribution in [0.5, 0.6) is 0 Å². The number of hydrogen-bond donors (Lipinski definition) is 3. The van der Waals surface area contributed by atoms with Gasteiger partial charge in [0.2, 0.25) is 5.91 Å². The SMILES string of the molecule is Cc1cc(Cl)ccc1C(NC(=O)Cc1ccc2[nH]cc(CCC(=O)O)c2c1)c1ccccc1. The van der Waals surface area contributed by atoms with Crippen molar-refractivity contribution in [1.82, 2.24) is 10.3 Å². The molecule has 1 atom stereocenters. The second kappa shape index (κ2) is 9.92. The van der Waals surface area contributed by atoms with Gasteiger partial charge in [-0.05, 0) is 65.4 Å². The van der Waals surface area contributed by atoms with Crippen LogP contribution < -0.4 is 5.32 Å². The molecule has 4 aromatic rings. The molecule has 168 valence electrons. The summed E-state index contributed by atoms with van der Waals surface area (Å²) in [6.07, 6.45) is 2.56. The fourth-order valence-electron chi connectivity index (χ4n) is 4.13. The Morgan fingerprint density at radius 2 is 1.85 bits per heavy atom. The second-order valence-electron chi connectivity index (χ2n) is 8.18. The predicted molar refractivity (Wildman–Crippen MR) is 131 cm³/mol. The largest absolute Gasteiger partial charge is 0.481 e. The molecule has 33 heavy (non-hydrogen) atoms. The number of carbonyl (C=O) groups is 2. The molecule has 0 aliphatic carbocycles. The van der Waals surface area contributed by atoms with E-state index in [-0.39, 0.29) is 24.8 Å². The van der Waals surface area contributed by atoms with E-state index in [4.69, 9.17) is 16.7 Å². The topological polar surface area (TPSA) is 82.2 Å². The molecule has 0 radical (unpaired) electrons. The van der Waals surface area contributed by atoms with Crippen molar-refractivity contribution >= 4 is 34.4 Å². The maximum absolute atomic E-state index is 13.1. The van der Waals surface area contributed by atoms with Crippen LogP contribution in [0.1, 0.15) is 40.3 Å². The average Bonchev–Trinajstić information content (AvgIpc) is 3.19. The van der Waals surface area contributed by atoms with E-state index in [1.165, 1.54) is 0 Å². The van der Waals surface area contributed by atoms with Gasteiger partial charge in [0.05, 0.1) is 12.5 Å². The first-order valence-corrected chi connectivity index (χ1v) is 11.2. The first-order chi connectivity index (χ1) is 15.9. The van der Waals surface area contributed by atoms with E-state index in [0.717, 1.165) is 38.7 Å². The smallest absolute Gasteiger partial charge is 0.303 e. The van der Waals surface area contributed by atoms with Crippen LogP contribution in [0, 0.1) is 6.92 Å². The summed E-state index contributed by atoms with van der Waals surface area (Å²) in [5.74, 6) is -0.926. The number of carboxylic acids is 1. The Morgan fingerprint density at radius 3 is 2.58 bits per heavy atom. The van der Waals surface area contributed by atoms with Gasteiger partial charge in [-0.2, -0.15) is 0 Å². The Labute approximate surface area is 197 Å². The lowest BCUT2D eigenvalue weighted by molar-refractivity contribution is -0.137. The molecule has 0 aliphatic rings. The molecule has 1 heterocycles. The van der Waals surface area contributed by atoms with Gasteiger partial charge >= 0.3 is 5.97 Å². The number of amides is 1. The minimum absolute atomic E-state index is 0.0663. The van der Waals surface area contributed by atoms with Crippen molar-refractivity contribution in [3.63, 3.8) is 0 Å². The quantitative estimate of drug-likeness (QED) is 0.320. The molecule has 0 bridgehead atoms. The molecule has 3 N–H and O–H groups in total. The second-order valence-corrected chi connectivity index (χ2v) is 8.61. The number of aryl methyl sites for hydroxylation is 2. The van der Waals surface area contributed by atoms with Crippen molar-refractivity contribution < 1.29 is 14.7 Å². The Hall–Kier alpha value is -3.57. The monoisotopic (exact) mass is 460 g/mol. The lowest BCUT2D eigenvalue weighted by atomic mass is 9.94. The van der Waals surface area contributed by atoms with E-state index in [0.29, 0.717) is 11.4 Å². The fourth-order valence-corrected chi connectivity index (χ4v) is 4.36. The number of aromatic nitrogens is 1. The minimum Gasteiger partial charge on any atom is -0.481 e. The third kappa shape index (κ3) is 5.44. The summed E-state index contributed by atoms with van der Waals surface area (Å²) in [7, 11) is 0. The van der Waals surface area contributed by atoms with Gasteiger partial charge in [-0.25, -0.2) is 0 Å². The van der Waals surface area contributed by atoms with Gasteiger partial charge in [0.1, 0.15) is 0 Å². The molecule has 5 nitrogen and oxygen atoms in total. The summed E-state index contributed by atoms with van der Waals surface area (Å²) in [4.78, 5) is 27.2.